The van der Waals surface area contributed by atoms with Crippen molar-refractivity contribution in [1.29, 1.82) is 0 Å². The molecule has 0 unspecified atom stereocenters. The van der Waals surface area contributed by atoms with Gasteiger partial charge in [0.25, 0.3) is 5.56 Å². The van der Waals surface area contributed by atoms with Crippen molar-refractivity contribution >= 4 is 11.6 Å². The van der Waals surface area contributed by atoms with Crippen molar-refractivity contribution in [2.45, 2.75) is 0 Å². The van der Waals surface area contributed by atoms with Gasteiger partial charge in [-0.25, -0.2) is 0 Å². The Hall–Kier alpha value is -2.34. The smallest absolute Gasteiger partial charge is 0.264 e. The molecular formula is C11H12N4O2. The van der Waals surface area contributed by atoms with Gasteiger partial charge in [-0.05, 0) is 17.7 Å². The highest BCUT2D eigenvalue weighted by atomic mass is 16.1. The number of hydrogen-bond acceptors (Lipinski definition) is 3. The average molecular weight is 232 g/mol. The highest BCUT2D eigenvalue weighted by molar-refractivity contribution is 5.92. The molecule has 0 bridgehead atoms. The Morgan fingerprint density at radius 2 is 1.94 bits per heavy atom. The lowest BCUT2D eigenvalue weighted by Crippen LogP contribution is -2.21. The van der Waals surface area contributed by atoms with E-state index < -0.39 is 0 Å². The monoisotopic (exact) mass is 232 g/mol. The van der Waals surface area contributed by atoms with E-state index in [1.54, 1.807) is 24.3 Å². The lowest BCUT2D eigenvalue weighted by Gasteiger charge is -2.04. The predicted octanol–water partition coefficient (Wildman–Crippen LogP) is 0.267. The average Bonchev–Trinajstić information content (AvgIpc) is 2.77. The summed E-state index contributed by atoms with van der Waals surface area (Å²) in [6.45, 7) is -0.0487. The Morgan fingerprint density at radius 3 is 2.47 bits per heavy atom. The van der Waals surface area contributed by atoms with Gasteiger partial charge in [0.15, 0.2) is 0 Å². The van der Waals surface area contributed by atoms with Crippen LogP contribution in [-0.2, 0) is 4.79 Å². The number of amides is 1. The van der Waals surface area contributed by atoms with Crippen LogP contribution >= 0.6 is 0 Å². The molecule has 0 atom stereocenters. The largest absolute Gasteiger partial charge is 0.325 e. The van der Waals surface area contributed by atoms with Crippen LogP contribution in [-0.4, -0.2) is 22.6 Å². The Kier molecular flexibility index (Phi) is 3.06. The zero-order valence-corrected chi connectivity index (χ0v) is 8.99. The topological polar surface area (TPSA) is 104 Å². The van der Waals surface area contributed by atoms with E-state index in [9.17, 15) is 9.59 Å². The number of aromatic amines is 2. The van der Waals surface area contributed by atoms with Crippen LogP contribution in [0.3, 0.4) is 0 Å². The number of H-pyrrole nitrogens is 2. The summed E-state index contributed by atoms with van der Waals surface area (Å²) >= 11 is 0. The summed E-state index contributed by atoms with van der Waals surface area (Å²) < 4.78 is 0. The molecule has 0 aliphatic heterocycles. The Bertz CT molecular complexity index is 568. The lowest BCUT2D eigenvalue weighted by molar-refractivity contribution is -0.114. The molecule has 2 rings (SSSR count). The molecular weight excluding hydrogens is 220 g/mol. The van der Waals surface area contributed by atoms with E-state index in [2.05, 4.69) is 15.5 Å². The van der Waals surface area contributed by atoms with E-state index in [1.165, 1.54) is 6.07 Å². The second-order valence-corrected chi connectivity index (χ2v) is 3.50. The maximum absolute atomic E-state index is 11.1. The van der Waals surface area contributed by atoms with Gasteiger partial charge in [0.1, 0.15) is 0 Å². The summed E-state index contributed by atoms with van der Waals surface area (Å²) in [6.07, 6.45) is 0. The van der Waals surface area contributed by atoms with E-state index in [1.807, 2.05) is 0 Å². The minimum Gasteiger partial charge on any atom is -0.325 e. The molecule has 0 saturated heterocycles. The first kappa shape index (κ1) is 11.2. The molecule has 0 radical (unpaired) electrons. The molecule has 0 saturated carbocycles. The number of benzene rings is 1. The molecule has 6 nitrogen and oxygen atoms in total. The third-order valence-corrected chi connectivity index (χ3v) is 2.26. The van der Waals surface area contributed by atoms with Crippen molar-refractivity contribution in [3.63, 3.8) is 0 Å². The second-order valence-electron chi connectivity index (χ2n) is 3.50. The predicted molar refractivity (Wildman–Crippen MR) is 64.5 cm³/mol. The van der Waals surface area contributed by atoms with Gasteiger partial charge in [0.2, 0.25) is 5.91 Å². The quantitative estimate of drug-likeness (QED) is 0.610. The van der Waals surface area contributed by atoms with Crippen LogP contribution in [0.5, 0.6) is 0 Å². The van der Waals surface area contributed by atoms with E-state index in [0.717, 1.165) is 5.56 Å². The highest BCUT2D eigenvalue weighted by Crippen LogP contribution is 2.17. The van der Waals surface area contributed by atoms with Crippen LogP contribution in [0.1, 0.15) is 0 Å². The van der Waals surface area contributed by atoms with Crippen molar-refractivity contribution in [2.24, 2.45) is 5.73 Å². The molecule has 6 heteroatoms. The van der Waals surface area contributed by atoms with Crippen LogP contribution in [0.25, 0.3) is 11.3 Å². The molecule has 1 aromatic heterocycles. The summed E-state index contributed by atoms with van der Waals surface area (Å²) in [4.78, 5) is 22.0. The standard InChI is InChI=1S/C11H12N4O2/c12-6-11(17)13-8-3-1-7(2-4-8)9-5-10(16)15-14-9/h1-5H,6,12H2,(H,13,17)(H2,14,15,16). The summed E-state index contributed by atoms with van der Waals surface area (Å²) in [5, 5.41) is 7.84. The van der Waals surface area contributed by atoms with Gasteiger partial charge in [-0.1, -0.05) is 12.1 Å². The molecule has 0 aliphatic rings. The SMILES string of the molecule is NCC(=O)Nc1ccc(-c2cc(=O)[nH][nH]2)cc1. The van der Waals surface area contributed by atoms with E-state index >= 15 is 0 Å². The van der Waals surface area contributed by atoms with Crippen molar-refractivity contribution in [3.8, 4) is 11.3 Å². The molecule has 0 aliphatic carbocycles. The van der Waals surface area contributed by atoms with E-state index in [4.69, 9.17) is 5.73 Å². The molecule has 1 amide bonds. The first-order valence-electron chi connectivity index (χ1n) is 5.07. The lowest BCUT2D eigenvalue weighted by atomic mass is 10.1. The molecule has 0 spiro atoms. The number of rotatable bonds is 3. The van der Waals surface area contributed by atoms with Gasteiger partial charge >= 0.3 is 0 Å². The third-order valence-electron chi connectivity index (χ3n) is 2.26. The molecule has 2 aromatic rings. The number of aromatic nitrogens is 2. The third kappa shape index (κ3) is 2.61. The van der Waals surface area contributed by atoms with Crippen LogP contribution in [0, 0.1) is 0 Å². The number of carbonyl (C=O) groups is 1. The second kappa shape index (κ2) is 4.67. The Balaban J connectivity index is 2.18. The van der Waals surface area contributed by atoms with Crippen molar-refractivity contribution in [2.75, 3.05) is 11.9 Å². The van der Waals surface area contributed by atoms with Crippen molar-refractivity contribution in [1.82, 2.24) is 10.2 Å². The van der Waals surface area contributed by atoms with Crippen LogP contribution < -0.4 is 16.6 Å². The summed E-state index contributed by atoms with van der Waals surface area (Å²) in [5.41, 5.74) is 7.23. The number of hydrogen-bond donors (Lipinski definition) is 4. The molecule has 5 N–H and O–H groups in total. The fraction of sp³-hybridized carbons (Fsp3) is 0.0909. The van der Waals surface area contributed by atoms with Crippen molar-refractivity contribution in [3.05, 3.63) is 40.7 Å². The number of anilines is 1. The van der Waals surface area contributed by atoms with Gasteiger partial charge in [-0.3, -0.25) is 19.8 Å². The molecule has 1 heterocycles. The van der Waals surface area contributed by atoms with Gasteiger partial charge in [0, 0.05) is 11.8 Å². The fourth-order valence-corrected chi connectivity index (χ4v) is 1.43. The maximum Gasteiger partial charge on any atom is 0.264 e. The fourth-order valence-electron chi connectivity index (χ4n) is 1.43. The van der Waals surface area contributed by atoms with Gasteiger partial charge in [-0.2, -0.15) is 0 Å². The summed E-state index contributed by atoms with van der Waals surface area (Å²) in [6, 6.07) is 8.55. The first-order valence-corrected chi connectivity index (χ1v) is 5.07. The summed E-state index contributed by atoms with van der Waals surface area (Å²) in [5.74, 6) is -0.243. The molecule has 1 aromatic carbocycles. The number of nitrogens with two attached hydrogens (primary N) is 1. The van der Waals surface area contributed by atoms with E-state index in [0.29, 0.717) is 11.4 Å². The van der Waals surface area contributed by atoms with Crippen LogP contribution in [0.15, 0.2) is 35.1 Å². The normalized spacial score (nSPS) is 10.2. The highest BCUT2D eigenvalue weighted by Gasteiger charge is 2.02. The van der Waals surface area contributed by atoms with Crippen LogP contribution in [0.4, 0.5) is 5.69 Å². The van der Waals surface area contributed by atoms with Gasteiger partial charge in [-0.15, -0.1) is 0 Å². The number of nitrogens with one attached hydrogen (secondary N) is 3. The van der Waals surface area contributed by atoms with Gasteiger partial charge < -0.3 is 11.1 Å². The number of carbonyl (C=O) groups excluding carboxylic acids is 1. The maximum atomic E-state index is 11.1. The Labute approximate surface area is 96.8 Å². The van der Waals surface area contributed by atoms with E-state index in [-0.39, 0.29) is 18.0 Å². The zero-order chi connectivity index (χ0) is 12.3. The van der Waals surface area contributed by atoms with Crippen molar-refractivity contribution < 1.29 is 4.79 Å². The minimum atomic E-state index is -0.243. The molecule has 17 heavy (non-hydrogen) atoms. The molecule has 88 valence electrons. The van der Waals surface area contributed by atoms with Crippen LogP contribution in [0.2, 0.25) is 0 Å². The minimum absolute atomic E-state index is 0.0487. The Morgan fingerprint density at radius 1 is 1.24 bits per heavy atom. The first-order chi connectivity index (χ1) is 8.19. The summed E-state index contributed by atoms with van der Waals surface area (Å²) in [7, 11) is 0. The molecule has 0 fully saturated rings. The van der Waals surface area contributed by atoms with Gasteiger partial charge in [0.05, 0.1) is 12.2 Å². The zero-order valence-electron chi connectivity index (χ0n) is 8.99.